The first-order valence-electron chi connectivity index (χ1n) is 10.3. The summed E-state index contributed by atoms with van der Waals surface area (Å²) in [6.07, 6.45) is 9.86. The Hall–Kier alpha value is -2.74. The standard InChI is InChI=1S/C21H25N5O3/c27-18(16-3-7-22-8-4-16)25-12-5-21(6-13-25)20-23-9-14-26(20)15-17(29-21)19(28)24-10-1-2-11-24/h3-4,7-9,14,17H,1-2,5-6,10-13,15H2/t17-/m0/s1. The zero-order chi connectivity index (χ0) is 19.8. The Balaban J connectivity index is 1.34. The molecule has 2 amide bonds. The molecule has 5 rings (SSSR count). The van der Waals surface area contributed by atoms with Gasteiger partial charge < -0.3 is 19.1 Å². The van der Waals surface area contributed by atoms with Gasteiger partial charge in [-0.25, -0.2) is 4.98 Å². The number of imidazole rings is 1. The number of rotatable bonds is 2. The second kappa shape index (κ2) is 7.26. The average Bonchev–Trinajstić information content (AvgIpc) is 3.46. The highest BCUT2D eigenvalue weighted by Gasteiger charge is 2.48. The van der Waals surface area contributed by atoms with Crippen molar-refractivity contribution in [2.24, 2.45) is 0 Å². The first-order valence-corrected chi connectivity index (χ1v) is 10.3. The second-order valence-electron chi connectivity index (χ2n) is 8.06. The molecule has 3 aliphatic heterocycles. The van der Waals surface area contributed by atoms with Crippen molar-refractivity contribution in [3.05, 3.63) is 48.3 Å². The van der Waals surface area contributed by atoms with E-state index < -0.39 is 11.7 Å². The Morgan fingerprint density at radius 1 is 1.00 bits per heavy atom. The molecule has 1 spiro atoms. The Labute approximate surface area is 169 Å². The summed E-state index contributed by atoms with van der Waals surface area (Å²) >= 11 is 0. The molecule has 8 heteroatoms. The zero-order valence-electron chi connectivity index (χ0n) is 16.4. The van der Waals surface area contributed by atoms with Crippen LogP contribution >= 0.6 is 0 Å². The summed E-state index contributed by atoms with van der Waals surface area (Å²) in [6, 6.07) is 3.47. The van der Waals surface area contributed by atoms with Gasteiger partial charge in [0, 0.05) is 69.4 Å². The molecular weight excluding hydrogens is 370 g/mol. The highest BCUT2D eigenvalue weighted by molar-refractivity contribution is 5.94. The van der Waals surface area contributed by atoms with Gasteiger partial charge in [0.1, 0.15) is 11.4 Å². The number of hydrogen-bond donors (Lipinski definition) is 0. The van der Waals surface area contributed by atoms with E-state index in [0.29, 0.717) is 38.0 Å². The number of aromatic nitrogens is 3. The fraction of sp³-hybridized carbons (Fsp3) is 0.524. The van der Waals surface area contributed by atoms with E-state index in [4.69, 9.17) is 4.74 Å². The third kappa shape index (κ3) is 3.21. The van der Waals surface area contributed by atoms with E-state index in [1.54, 1.807) is 30.7 Å². The van der Waals surface area contributed by atoms with Crippen LogP contribution in [0.25, 0.3) is 0 Å². The van der Waals surface area contributed by atoms with E-state index in [1.807, 2.05) is 16.0 Å². The average molecular weight is 395 g/mol. The molecule has 2 fully saturated rings. The number of hydrogen-bond acceptors (Lipinski definition) is 5. The van der Waals surface area contributed by atoms with Crippen LogP contribution in [0.2, 0.25) is 0 Å². The van der Waals surface area contributed by atoms with Crippen molar-refractivity contribution in [1.82, 2.24) is 24.3 Å². The minimum atomic E-state index is -0.614. The van der Waals surface area contributed by atoms with Crippen molar-refractivity contribution in [3.63, 3.8) is 0 Å². The zero-order valence-corrected chi connectivity index (χ0v) is 16.4. The number of amides is 2. The van der Waals surface area contributed by atoms with E-state index in [1.165, 1.54) is 0 Å². The molecule has 0 bridgehead atoms. The molecule has 2 aromatic heterocycles. The molecule has 0 N–H and O–H groups in total. The molecule has 3 aliphatic rings. The van der Waals surface area contributed by atoms with Gasteiger partial charge in [0.15, 0.2) is 6.10 Å². The largest absolute Gasteiger partial charge is 0.352 e. The van der Waals surface area contributed by atoms with E-state index >= 15 is 0 Å². The van der Waals surface area contributed by atoms with Crippen LogP contribution in [-0.2, 0) is 21.7 Å². The third-order valence-electron chi connectivity index (χ3n) is 6.33. The van der Waals surface area contributed by atoms with Crippen molar-refractivity contribution in [1.29, 1.82) is 0 Å². The van der Waals surface area contributed by atoms with Crippen molar-refractivity contribution in [3.8, 4) is 0 Å². The van der Waals surface area contributed by atoms with Crippen molar-refractivity contribution >= 4 is 11.8 Å². The first-order chi connectivity index (χ1) is 14.2. The Kier molecular flexibility index (Phi) is 4.58. The first kappa shape index (κ1) is 18.3. The van der Waals surface area contributed by atoms with Crippen LogP contribution in [0.4, 0.5) is 0 Å². The summed E-state index contributed by atoms with van der Waals surface area (Å²) in [7, 11) is 0. The normalized spacial score (nSPS) is 23.2. The van der Waals surface area contributed by atoms with E-state index in [-0.39, 0.29) is 11.8 Å². The van der Waals surface area contributed by atoms with Gasteiger partial charge in [-0.2, -0.15) is 0 Å². The van der Waals surface area contributed by atoms with Gasteiger partial charge in [-0.05, 0) is 25.0 Å². The molecule has 5 heterocycles. The van der Waals surface area contributed by atoms with Crippen molar-refractivity contribution in [2.75, 3.05) is 26.2 Å². The van der Waals surface area contributed by atoms with Crippen LogP contribution in [0, 0.1) is 0 Å². The van der Waals surface area contributed by atoms with E-state index in [9.17, 15) is 9.59 Å². The maximum atomic E-state index is 13.0. The van der Waals surface area contributed by atoms with E-state index in [2.05, 4.69) is 14.5 Å². The monoisotopic (exact) mass is 395 g/mol. The summed E-state index contributed by atoms with van der Waals surface area (Å²) in [5.41, 5.74) is 0.0284. The quantitative estimate of drug-likeness (QED) is 0.769. The van der Waals surface area contributed by atoms with Gasteiger partial charge in [-0.1, -0.05) is 0 Å². The smallest absolute Gasteiger partial charge is 0.253 e. The maximum absolute atomic E-state index is 13.0. The Bertz CT molecular complexity index is 898. The molecule has 1 atom stereocenters. The Morgan fingerprint density at radius 3 is 2.45 bits per heavy atom. The number of piperidine rings is 1. The summed E-state index contributed by atoms with van der Waals surface area (Å²) in [4.78, 5) is 38.1. The summed E-state index contributed by atoms with van der Waals surface area (Å²) < 4.78 is 8.54. The number of nitrogens with zero attached hydrogens (tertiary/aromatic N) is 5. The SMILES string of the molecule is O=C(c1ccncc1)N1CCC2(CC1)O[C@H](C(=O)N1CCCC1)Cn1ccnc12. The van der Waals surface area contributed by atoms with Gasteiger partial charge in [-0.15, -0.1) is 0 Å². The predicted octanol–water partition coefficient (Wildman–Crippen LogP) is 1.43. The fourth-order valence-electron chi connectivity index (χ4n) is 4.76. The van der Waals surface area contributed by atoms with Gasteiger partial charge in [-0.3, -0.25) is 14.6 Å². The summed E-state index contributed by atoms with van der Waals surface area (Å²) in [5, 5.41) is 0. The van der Waals surface area contributed by atoms with Gasteiger partial charge >= 0.3 is 0 Å². The second-order valence-corrected chi connectivity index (χ2v) is 8.06. The van der Waals surface area contributed by atoms with Crippen LogP contribution in [0.15, 0.2) is 36.9 Å². The van der Waals surface area contributed by atoms with Crippen LogP contribution < -0.4 is 0 Å². The molecule has 0 aliphatic carbocycles. The van der Waals surface area contributed by atoms with Crippen LogP contribution in [0.1, 0.15) is 41.9 Å². The molecule has 0 radical (unpaired) electrons. The number of pyridine rings is 1. The molecule has 2 saturated heterocycles. The molecule has 2 aromatic rings. The van der Waals surface area contributed by atoms with Crippen LogP contribution in [0.5, 0.6) is 0 Å². The molecule has 0 unspecified atom stereocenters. The van der Waals surface area contributed by atoms with Crippen LogP contribution in [-0.4, -0.2) is 68.4 Å². The number of fused-ring (bicyclic) bond motifs is 2. The lowest BCUT2D eigenvalue weighted by molar-refractivity contribution is -0.179. The maximum Gasteiger partial charge on any atom is 0.253 e. The number of carbonyl (C=O) groups is 2. The van der Waals surface area contributed by atoms with Crippen molar-refractivity contribution < 1.29 is 14.3 Å². The highest BCUT2D eigenvalue weighted by Crippen LogP contribution is 2.40. The minimum absolute atomic E-state index is 0.00564. The number of ether oxygens (including phenoxy) is 1. The lowest BCUT2D eigenvalue weighted by Crippen LogP contribution is -2.55. The molecule has 8 nitrogen and oxygen atoms in total. The highest BCUT2D eigenvalue weighted by atomic mass is 16.5. The third-order valence-corrected chi connectivity index (χ3v) is 6.33. The molecule has 0 saturated carbocycles. The molecule has 0 aromatic carbocycles. The van der Waals surface area contributed by atoms with E-state index in [0.717, 1.165) is 31.8 Å². The Morgan fingerprint density at radius 2 is 1.72 bits per heavy atom. The molecular formula is C21H25N5O3. The molecule has 29 heavy (non-hydrogen) atoms. The number of carbonyl (C=O) groups excluding carboxylic acids is 2. The number of likely N-dealkylation sites (tertiary alicyclic amines) is 2. The fourth-order valence-corrected chi connectivity index (χ4v) is 4.76. The van der Waals surface area contributed by atoms with Gasteiger partial charge in [0.05, 0.1) is 6.54 Å². The lowest BCUT2D eigenvalue weighted by atomic mass is 9.88. The van der Waals surface area contributed by atoms with Gasteiger partial charge in [0.25, 0.3) is 11.8 Å². The topological polar surface area (TPSA) is 80.6 Å². The molecule has 152 valence electrons. The summed E-state index contributed by atoms with van der Waals surface area (Å²) in [5.74, 6) is 0.960. The van der Waals surface area contributed by atoms with Crippen molar-refractivity contribution in [2.45, 2.75) is 43.9 Å². The lowest BCUT2D eigenvalue weighted by Gasteiger charge is -2.46. The predicted molar refractivity (Wildman–Crippen MR) is 104 cm³/mol. The minimum Gasteiger partial charge on any atom is -0.352 e. The van der Waals surface area contributed by atoms with Crippen LogP contribution in [0.3, 0.4) is 0 Å². The summed E-state index contributed by atoms with van der Waals surface area (Å²) in [6.45, 7) is 3.27. The van der Waals surface area contributed by atoms with Gasteiger partial charge in [0.2, 0.25) is 0 Å².